The van der Waals surface area contributed by atoms with Gasteiger partial charge in [-0.25, -0.2) is 4.79 Å². The lowest BCUT2D eigenvalue weighted by atomic mass is 10.1. The number of urea groups is 1. The molecular formula is C21H21N3O5S3. The van der Waals surface area contributed by atoms with Gasteiger partial charge in [-0.05, 0) is 66.6 Å². The van der Waals surface area contributed by atoms with E-state index in [-0.39, 0.29) is 10.8 Å². The average molecular weight is 492 g/mol. The van der Waals surface area contributed by atoms with Gasteiger partial charge >= 0.3 is 6.03 Å². The largest absolute Gasteiger partial charge is 0.464 e. The van der Waals surface area contributed by atoms with Crippen molar-refractivity contribution in [2.75, 3.05) is 13.6 Å². The molecular weight excluding hydrogens is 470 g/mol. The number of carbonyl (C=O) groups excluding carboxylic acids is 2. The van der Waals surface area contributed by atoms with Crippen LogP contribution in [0.15, 0.2) is 69.5 Å². The predicted molar refractivity (Wildman–Crippen MR) is 127 cm³/mol. The summed E-state index contributed by atoms with van der Waals surface area (Å²) in [6, 6.07) is 11.0. The highest BCUT2D eigenvalue weighted by Crippen LogP contribution is 2.31. The molecule has 0 fully saturated rings. The summed E-state index contributed by atoms with van der Waals surface area (Å²) in [6.45, 7) is 0.299. The van der Waals surface area contributed by atoms with Gasteiger partial charge < -0.3 is 15.1 Å². The number of thiophene rings is 1. The summed E-state index contributed by atoms with van der Waals surface area (Å²) in [4.78, 5) is 24.7. The second-order valence-electron chi connectivity index (χ2n) is 6.50. The number of furan rings is 1. The Morgan fingerprint density at radius 2 is 2.03 bits per heavy atom. The highest BCUT2D eigenvalue weighted by molar-refractivity contribution is 8.00. The third-order valence-electron chi connectivity index (χ3n) is 4.38. The number of rotatable bonds is 8. The maximum absolute atomic E-state index is 13.0. The quantitative estimate of drug-likeness (QED) is 0.330. The Hall–Kier alpha value is -3.02. The van der Waals surface area contributed by atoms with E-state index in [1.54, 1.807) is 30.3 Å². The third kappa shape index (κ3) is 5.61. The number of hydrogen-bond acceptors (Lipinski definition) is 7. The number of carbonyl (C=O) groups is 2. The summed E-state index contributed by atoms with van der Waals surface area (Å²) in [5.74, 6) is 0.0837. The van der Waals surface area contributed by atoms with Gasteiger partial charge in [-0.2, -0.15) is 12.1 Å². The number of nitrogens with zero attached hydrogens (tertiary/aromatic N) is 1. The monoisotopic (exact) mass is 491 g/mol. The molecule has 3 aromatic rings. The van der Waals surface area contributed by atoms with Crippen LogP contribution in [0.1, 0.15) is 10.4 Å². The number of thiol groups is 1. The first-order chi connectivity index (χ1) is 15.3. The van der Waals surface area contributed by atoms with Crippen LogP contribution in [0.4, 0.5) is 4.79 Å². The molecule has 11 heteroatoms. The smallest absolute Gasteiger partial charge is 0.341 e. The van der Waals surface area contributed by atoms with E-state index < -0.39 is 16.1 Å². The summed E-state index contributed by atoms with van der Waals surface area (Å²) < 4.78 is 31.8. The molecule has 8 nitrogen and oxygen atoms in total. The molecule has 0 unspecified atom stereocenters. The van der Waals surface area contributed by atoms with E-state index in [1.807, 2.05) is 17.5 Å². The average Bonchev–Trinajstić information content (AvgIpc) is 3.51. The van der Waals surface area contributed by atoms with E-state index in [2.05, 4.69) is 23.4 Å². The Morgan fingerprint density at radius 3 is 2.69 bits per heavy atom. The minimum Gasteiger partial charge on any atom is -0.464 e. The van der Waals surface area contributed by atoms with Gasteiger partial charge in [-0.1, -0.05) is 12.1 Å². The SMILES string of the molecule is CNC(=O)N(S)S(=O)(=O)c1cc(CCNC(=O)C=Cc2cccs2)ccc1-c1ccco1. The van der Waals surface area contributed by atoms with Crippen molar-refractivity contribution in [1.29, 1.82) is 0 Å². The molecule has 1 aromatic carbocycles. The fraction of sp³-hybridized carbons (Fsp3) is 0.143. The van der Waals surface area contributed by atoms with Crippen LogP contribution in [0, 0.1) is 0 Å². The van der Waals surface area contributed by atoms with Gasteiger partial charge in [0.15, 0.2) is 0 Å². The molecule has 32 heavy (non-hydrogen) atoms. The highest BCUT2D eigenvalue weighted by Gasteiger charge is 2.30. The molecule has 0 bridgehead atoms. The molecule has 2 heterocycles. The Morgan fingerprint density at radius 1 is 1.22 bits per heavy atom. The first-order valence-corrected chi connectivity index (χ1v) is 12.2. The van der Waals surface area contributed by atoms with Gasteiger partial charge in [-0.15, -0.1) is 11.3 Å². The highest BCUT2D eigenvalue weighted by atomic mass is 32.3. The van der Waals surface area contributed by atoms with E-state index in [9.17, 15) is 18.0 Å². The molecule has 3 amide bonds. The van der Waals surface area contributed by atoms with Crippen LogP contribution in [0.3, 0.4) is 0 Å². The first-order valence-electron chi connectivity index (χ1n) is 9.45. The fourth-order valence-corrected chi connectivity index (χ4v) is 5.03. The summed E-state index contributed by atoms with van der Waals surface area (Å²) in [5, 5.41) is 6.92. The van der Waals surface area contributed by atoms with Gasteiger partial charge in [0.25, 0.3) is 10.0 Å². The molecule has 0 aliphatic rings. The van der Waals surface area contributed by atoms with Crippen molar-refractivity contribution in [3.05, 3.63) is 70.6 Å². The predicted octanol–water partition coefficient (Wildman–Crippen LogP) is 3.56. The molecule has 168 valence electrons. The molecule has 3 rings (SSSR count). The Bertz CT molecular complexity index is 1200. The fourth-order valence-electron chi connectivity index (χ4n) is 2.80. The summed E-state index contributed by atoms with van der Waals surface area (Å²) >= 11 is 5.39. The Balaban J connectivity index is 1.79. The molecule has 0 saturated heterocycles. The van der Waals surface area contributed by atoms with E-state index in [4.69, 9.17) is 4.42 Å². The molecule has 2 N–H and O–H groups in total. The molecule has 0 aliphatic carbocycles. The van der Waals surface area contributed by atoms with Crippen molar-refractivity contribution in [2.24, 2.45) is 0 Å². The Kier molecular flexibility index (Phi) is 7.78. The van der Waals surface area contributed by atoms with Crippen molar-refractivity contribution in [1.82, 2.24) is 14.3 Å². The van der Waals surface area contributed by atoms with Gasteiger partial charge in [0.1, 0.15) is 5.76 Å². The molecule has 2 aromatic heterocycles. The third-order valence-corrected chi connectivity index (χ3v) is 7.56. The molecule has 0 spiro atoms. The van der Waals surface area contributed by atoms with Gasteiger partial charge in [0.2, 0.25) is 5.91 Å². The van der Waals surface area contributed by atoms with Crippen LogP contribution in [-0.2, 0) is 21.2 Å². The summed E-state index contributed by atoms with van der Waals surface area (Å²) in [5.41, 5.74) is 0.949. The zero-order valence-electron chi connectivity index (χ0n) is 17.0. The van der Waals surface area contributed by atoms with Gasteiger partial charge in [-0.3, -0.25) is 4.79 Å². The van der Waals surface area contributed by atoms with E-state index in [0.29, 0.717) is 33.6 Å². The van der Waals surface area contributed by atoms with Crippen LogP contribution in [0.25, 0.3) is 17.4 Å². The molecule has 0 aliphatic heterocycles. The molecule has 0 radical (unpaired) electrons. The zero-order valence-corrected chi connectivity index (χ0v) is 19.5. The van der Waals surface area contributed by atoms with Crippen LogP contribution in [-0.4, -0.2) is 37.7 Å². The number of nitrogens with one attached hydrogen (secondary N) is 2. The van der Waals surface area contributed by atoms with Crippen LogP contribution in [0.2, 0.25) is 0 Å². The lowest BCUT2D eigenvalue weighted by Gasteiger charge is -2.18. The van der Waals surface area contributed by atoms with Crippen LogP contribution >= 0.6 is 24.2 Å². The number of sulfonamides is 1. The second kappa shape index (κ2) is 10.5. The molecule has 0 saturated carbocycles. The normalized spacial score (nSPS) is 11.4. The topological polar surface area (TPSA) is 109 Å². The Labute approximate surface area is 195 Å². The van der Waals surface area contributed by atoms with Gasteiger partial charge in [0.05, 0.1) is 11.2 Å². The van der Waals surface area contributed by atoms with E-state index in [1.165, 1.54) is 36.8 Å². The first kappa shape index (κ1) is 23.6. The minimum atomic E-state index is -4.28. The second-order valence-corrected chi connectivity index (χ2v) is 9.91. The number of amides is 3. The number of benzene rings is 1. The lowest BCUT2D eigenvalue weighted by Crippen LogP contribution is -2.36. The van der Waals surface area contributed by atoms with Crippen molar-refractivity contribution in [3.63, 3.8) is 0 Å². The standard InChI is InChI=1S/C21H21N3O5S3/c1-22-21(26)24(30)32(27,28)19-14-15(6-8-17(19)18-5-2-12-29-18)10-11-23-20(25)9-7-16-4-3-13-31-16/h2-9,12-14,30H,10-11H2,1H3,(H,22,26)(H,23,25). The van der Waals surface area contributed by atoms with Crippen molar-refractivity contribution in [3.8, 4) is 11.3 Å². The van der Waals surface area contributed by atoms with Crippen molar-refractivity contribution in [2.45, 2.75) is 11.3 Å². The van der Waals surface area contributed by atoms with E-state index >= 15 is 0 Å². The zero-order chi connectivity index (χ0) is 23.1. The van der Waals surface area contributed by atoms with Crippen molar-refractivity contribution < 1.29 is 22.4 Å². The van der Waals surface area contributed by atoms with E-state index in [0.717, 1.165) is 4.88 Å². The lowest BCUT2D eigenvalue weighted by molar-refractivity contribution is -0.116. The van der Waals surface area contributed by atoms with Crippen LogP contribution < -0.4 is 10.6 Å². The maximum Gasteiger partial charge on any atom is 0.341 e. The number of hydrogen-bond donors (Lipinski definition) is 3. The maximum atomic E-state index is 13.0. The summed E-state index contributed by atoms with van der Waals surface area (Å²) in [6.07, 6.45) is 4.98. The van der Waals surface area contributed by atoms with Crippen LogP contribution in [0.5, 0.6) is 0 Å². The van der Waals surface area contributed by atoms with Crippen molar-refractivity contribution >= 4 is 52.2 Å². The molecule has 0 atom stereocenters. The van der Waals surface area contributed by atoms with Gasteiger partial charge in [0, 0.05) is 30.1 Å². The summed E-state index contributed by atoms with van der Waals surface area (Å²) in [7, 11) is -2.97. The minimum absolute atomic E-state index is 0.132.